The summed E-state index contributed by atoms with van der Waals surface area (Å²) in [6, 6.07) is 0. The van der Waals surface area contributed by atoms with E-state index in [9.17, 15) is 4.79 Å². The van der Waals surface area contributed by atoms with Crippen LogP contribution in [0.25, 0.3) is 0 Å². The van der Waals surface area contributed by atoms with E-state index in [2.05, 4.69) is 5.32 Å². The zero-order valence-electron chi connectivity index (χ0n) is 7.75. The Balaban J connectivity index is 2.37. The molecule has 1 unspecified atom stereocenters. The fraction of sp³-hybridized carbons (Fsp3) is 0.667. The fourth-order valence-corrected chi connectivity index (χ4v) is 1.36. The van der Waals surface area contributed by atoms with Gasteiger partial charge in [0.2, 0.25) is 0 Å². The van der Waals surface area contributed by atoms with Crippen LogP contribution < -0.4 is 5.32 Å². The van der Waals surface area contributed by atoms with Gasteiger partial charge in [0.15, 0.2) is 0 Å². The molecule has 0 aromatic heterocycles. The molecule has 1 atom stereocenters. The van der Waals surface area contributed by atoms with Gasteiger partial charge in [0.1, 0.15) is 0 Å². The fourth-order valence-electron chi connectivity index (χ4n) is 1.36. The Bertz CT molecular complexity index is 207. The van der Waals surface area contributed by atoms with Crippen LogP contribution in [-0.4, -0.2) is 29.8 Å². The summed E-state index contributed by atoms with van der Waals surface area (Å²) in [5.74, 6) is -0.937. The van der Waals surface area contributed by atoms with Crippen LogP contribution in [0.15, 0.2) is 12.3 Å². The molecule has 1 heterocycles. The molecule has 1 fully saturated rings. The third-order valence-electron chi connectivity index (χ3n) is 2.10. The zero-order chi connectivity index (χ0) is 9.73. The van der Waals surface area contributed by atoms with E-state index in [1.807, 2.05) is 6.92 Å². The predicted octanol–water partition coefficient (Wildman–Crippen LogP) is 0.743. The second-order valence-electron chi connectivity index (χ2n) is 3.53. The van der Waals surface area contributed by atoms with Gasteiger partial charge < -0.3 is 15.2 Å². The monoisotopic (exact) mass is 185 g/mol. The molecule has 0 bridgehead atoms. The Kier molecular flexibility index (Phi) is 3.31. The minimum atomic E-state index is -0.937. The van der Waals surface area contributed by atoms with Crippen molar-refractivity contribution < 1.29 is 14.6 Å². The minimum Gasteiger partial charge on any atom is -0.478 e. The maximum absolute atomic E-state index is 10.2. The minimum absolute atomic E-state index is 0.107. The van der Waals surface area contributed by atoms with Crippen LogP contribution in [0, 0.1) is 0 Å². The largest absolute Gasteiger partial charge is 0.478 e. The van der Waals surface area contributed by atoms with E-state index in [1.165, 1.54) is 6.20 Å². The smallest absolute Gasteiger partial charge is 0.329 e. The molecule has 1 rings (SSSR count). The van der Waals surface area contributed by atoms with Crippen molar-refractivity contribution in [2.24, 2.45) is 0 Å². The van der Waals surface area contributed by atoms with Gasteiger partial charge in [-0.1, -0.05) is 0 Å². The van der Waals surface area contributed by atoms with Gasteiger partial charge in [0.25, 0.3) is 0 Å². The van der Waals surface area contributed by atoms with Crippen molar-refractivity contribution in [3.63, 3.8) is 0 Å². The molecule has 0 aromatic carbocycles. The summed E-state index contributed by atoms with van der Waals surface area (Å²) in [6.07, 6.45) is 4.60. The Morgan fingerprint density at radius 2 is 2.46 bits per heavy atom. The van der Waals surface area contributed by atoms with Gasteiger partial charge in [0, 0.05) is 18.9 Å². The van der Waals surface area contributed by atoms with Crippen molar-refractivity contribution in [2.45, 2.75) is 25.3 Å². The molecule has 74 valence electrons. The van der Waals surface area contributed by atoms with Gasteiger partial charge in [0.05, 0.1) is 12.1 Å². The van der Waals surface area contributed by atoms with Gasteiger partial charge >= 0.3 is 5.97 Å². The topological polar surface area (TPSA) is 58.6 Å². The lowest BCUT2D eigenvalue weighted by atomic mass is 9.95. The highest BCUT2D eigenvalue weighted by atomic mass is 16.5. The second kappa shape index (κ2) is 4.28. The van der Waals surface area contributed by atoms with Crippen LogP contribution in [0.1, 0.15) is 19.8 Å². The Hall–Kier alpha value is -1.03. The molecule has 1 aliphatic rings. The summed E-state index contributed by atoms with van der Waals surface area (Å²) in [6.45, 7) is 3.47. The predicted molar refractivity (Wildman–Crippen MR) is 48.4 cm³/mol. The molecular weight excluding hydrogens is 170 g/mol. The maximum Gasteiger partial charge on any atom is 0.329 e. The van der Waals surface area contributed by atoms with Gasteiger partial charge in [-0.25, -0.2) is 4.79 Å². The first-order valence-electron chi connectivity index (χ1n) is 4.37. The number of rotatable bonds is 3. The first kappa shape index (κ1) is 10.1. The molecule has 0 aromatic rings. The lowest BCUT2D eigenvalue weighted by molar-refractivity contribution is -0.131. The van der Waals surface area contributed by atoms with E-state index in [0.29, 0.717) is 6.61 Å². The van der Waals surface area contributed by atoms with E-state index in [1.54, 1.807) is 0 Å². The highest BCUT2D eigenvalue weighted by molar-refractivity contribution is 5.79. The molecular formula is C9H15NO3. The summed E-state index contributed by atoms with van der Waals surface area (Å²) in [5, 5.41) is 11.4. The van der Waals surface area contributed by atoms with Gasteiger partial charge in [-0.15, -0.1) is 0 Å². The average molecular weight is 185 g/mol. The third-order valence-corrected chi connectivity index (χ3v) is 2.10. The van der Waals surface area contributed by atoms with Crippen LogP contribution in [0.3, 0.4) is 0 Å². The van der Waals surface area contributed by atoms with Crippen LogP contribution in [0.4, 0.5) is 0 Å². The third kappa shape index (κ3) is 3.46. The lowest BCUT2D eigenvalue weighted by Gasteiger charge is -2.33. The lowest BCUT2D eigenvalue weighted by Crippen LogP contribution is -2.46. The van der Waals surface area contributed by atoms with Crippen molar-refractivity contribution in [3.05, 3.63) is 12.3 Å². The quantitative estimate of drug-likeness (QED) is 0.637. The van der Waals surface area contributed by atoms with E-state index in [-0.39, 0.29) is 5.54 Å². The standard InChI is InChI=1S/C9H15NO3/c1-9(4-2-6-13-7-9)10-5-3-8(11)12/h3,5,10H,2,4,6-7H2,1H3,(H,11,12)/b5-3+. The van der Waals surface area contributed by atoms with Crippen molar-refractivity contribution in [1.82, 2.24) is 5.32 Å². The molecule has 0 aliphatic carbocycles. The van der Waals surface area contributed by atoms with Crippen LogP contribution in [0.2, 0.25) is 0 Å². The van der Waals surface area contributed by atoms with Crippen molar-refractivity contribution >= 4 is 5.97 Å². The first-order chi connectivity index (χ1) is 6.12. The van der Waals surface area contributed by atoms with Crippen molar-refractivity contribution in [3.8, 4) is 0 Å². The zero-order valence-corrected chi connectivity index (χ0v) is 7.75. The second-order valence-corrected chi connectivity index (χ2v) is 3.53. The molecule has 1 aliphatic heterocycles. The Labute approximate surface area is 77.6 Å². The van der Waals surface area contributed by atoms with Gasteiger partial charge in [-0.05, 0) is 19.8 Å². The Morgan fingerprint density at radius 3 is 3.00 bits per heavy atom. The Morgan fingerprint density at radius 1 is 1.69 bits per heavy atom. The number of carbonyl (C=O) groups is 1. The molecule has 0 saturated carbocycles. The SMILES string of the molecule is CC1(N/C=C/C(=O)O)CCCOC1. The molecule has 0 radical (unpaired) electrons. The summed E-state index contributed by atoms with van der Waals surface area (Å²) >= 11 is 0. The van der Waals surface area contributed by atoms with Crippen molar-refractivity contribution in [1.29, 1.82) is 0 Å². The molecule has 4 heteroatoms. The summed E-state index contributed by atoms with van der Waals surface area (Å²) < 4.78 is 5.30. The normalized spacial score (nSPS) is 29.0. The van der Waals surface area contributed by atoms with E-state index < -0.39 is 5.97 Å². The van der Waals surface area contributed by atoms with E-state index >= 15 is 0 Å². The van der Waals surface area contributed by atoms with Crippen molar-refractivity contribution in [2.75, 3.05) is 13.2 Å². The maximum atomic E-state index is 10.2. The number of aliphatic carboxylic acids is 1. The first-order valence-corrected chi connectivity index (χ1v) is 4.37. The average Bonchev–Trinajstić information content (AvgIpc) is 2.04. The summed E-state index contributed by atoms with van der Waals surface area (Å²) in [7, 11) is 0. The molecule has 2 N–H and O–H groups in total. The van der Waals surface area contributed by atoms with Crippen LogP contribution >= 0.6 is 0 Å². The van der Waals surface area contributed by atoms with E-state index in [0.717, 1.165) is 25.5 Å². The molecule has 0 spiro atoms. The molecule has 13 heavy (non-hydrogen) atoms. The highest BCUT2D eigenvalue weighted by Gasteiger charge is 2.25. The van der Waals surface area contributed by atoms with Crippen LogP contribution in [0.5, 0.6) is 0 Å². The number of ether oxygens (including phenoxy) is 1. The number of nitrogens with one attached hydrogen (secondary N) is 1. The van der Waals surface area contributed by atoms with Gasteiger partial charge in [-0.3, -0.25) is 0 Å². The van der Waals surface area contributed by atoms with Gasteiger partial charge in [-0.2, -0.15) is 0 Å². The molecule has 4 nitrogen and oxygen atoms in total. The molecule has 0 amide bonds. The summed E-state index contributed by atoms with van der Waals surface area (Å²) in [4.78, 5) is 10.2. The van der Waals surface area contributed by atoms with Crippen LogP contribution in [-0.2, 0) is 9.53 Å². The molecule has 1 saturated heterocycles. The number of carboxylic acids is 1. The number of hydrogen-bond acceptors (Lipinski definition) is 3. The van der Waals surface area contributed by atoms with E-state index in [4.69, 9.17) is 9.84 Å². The highest BCUT2D eigenvalue weighted by Crippen LogP contribution is 2.17. The number of hydrogen-bond donors (Lipinski definition) is 2. The number of carboxylic acid groups (broad SMARTS) is 1. The summed E-state index contributed by atoms with van der Waals surface area (Å²) in [5.41, 5.74) is -0.107.